The molecule has 0 bridgehead atoms. The molecular formula is C10H14BrN3S2. The predicted octanol–water partition coefficient (Wildman–Crippen LogP) is 2.75. The van der Waals surface area contributed by atoms with Gasteiger partial charge >= 0.3 is 0 Å². The molecule has 6 heteroatoms. The number of aryl methyl sites for hydroxylation is 1. The predicted molar refractivity (Wildman–Crippen MR) is 75.8 cm³/mol. The molecule has 0 saturated heterocycles. The standard InChI is InChI=1S/C10H14BrN3S2/c1-7-9(15-6-13-7)5-14(2)10-12-4-8(3-11)16-10/h6,8H,3-5H2,1-2H3. The normalized spacial score (nSPS) is 19.9. The maximum absolute atomic E-state index is 4.56. The van der Waals surface area contributed by atoms with Crippen LogP contribution in [0.2, 0.25) is 0 Å². The molecule has 0 amide bonds. The summed E-state index contributed by atoms with van der Waals surface area (Å²) < 4.78 is 0. The van der Waals surface area contributed by atoms with Crippen LogP contribution in [0.1, 0.15) is 10.6 Å². The molecule has 0 radical (unpaired) electrons. The van der Waals surface area contributed by atoms with Crippen LogP contribution >= 0.6 is 39.0 Å². The molecule has 1 aliphatic heterocycles. The number of nitrogens with zero attached hydrogens (tertiary/aromatic N) is 3. The van der Waals surface area contributed by atoms with Crippen molar-refractivity contribution in [2.45, 2.75) is 18.7 Å². The zero-order chi connectivity index (χ0) is 11.5. The van der Waals surface area contributed by atoms with Crippen molar-refractivity contribution in [1.29, 1.82) is 0 Å². The SMILES string of the molecule is Cc1ncsc1CN(C)C1=NCC(CBr)S1. The number of rotatable bonds is 3. The van der Waals surface area contributed by atoms with Crippen molar-refractivity contribution >= 4 is 44.2 Å². The first-order valence-electron chi connectivity index (χ1n) is 5.08. The molecule has 1 unspecified atom stereocenters. The first-order chi connectivity index (χ1) is 7.70. The Hall–Kier alpha value is -0.0700. The molecule has 0 N–H and O–H groups in total. The van der Waals surface area contributed by atoms with Gasteiger partial charge in [0, 0.05) is 22.5 Å². The van der Waals surface area contributed by atoms with E-state index in [1.54, 1.807) is 11.3 Å². The third-order valence-corrected chi connectivity index (χ3v) is 5.86. The number of alkyl halides is 1. The van der Waals surface area contributed by atoms with Gasteiger partial charge in [0.1, 0.15) is 0 Å². The molecule has 88 valence electrons. The zero-order valence-corrected chi connectivity index (χ0v) is 12.5. The summed E-state index contributed by atoms with van der Waals surface area (Å²) in [6, 6.07) is 0. The molecule has 0 aliphatic carbocycles. The number of aromatic nitrogens is 1. The van der Waals surface area contributed by atoms with Crippen LogP contribution in [0, 0.1) is 6.92 Å². The van der Waals surface area contributed by atoms with E-state index in [1.165, 1.54) is 4.88 Å². The molecule has 0 aromatic carbocycles. The summed E-state index contributed by atoms with van der Waals surface area (Å²) in [6.07, 6.45) is 0. The minimum absolute atomic E-state index is 0.597. The second-order valence-corrected chi connectivity index (χ2v) is 6.59. The van der Waals surface area contributed by atoms with E-state index in [2.05, 4.69) is 44.8 Å². The van der Waals surface area contributed by atoms with Crippen molar-refractivity contribution in [1.82, 2.24) is 9.88 Å². The van der Waals surface area contributed by atoms with Gasteiger partial charge in [-0.25, -0.2) is 4.98 Å². The van der Waals surface area contributed by atoms with Crippen molar-refractivity contribution in [3.8, 4) is 0 Å². The molecule has 0 saturated carbocycles. The largest absolute Gasteiger partial charge is 0.349 e. The highest BCUT2D eigenvalue weighted by molar-refractivity contribution is 9.09. The van der Waals surface area contributed by atoms with E-state index in [1.807, 2.05) is 17.3 Å². The van der Waals surface area contributed by atoms with Crippen molar-refractivity contribution in [2.24, 2.45) is 4.99 Å². The van der Waals surface area contributed by atoms with E-state index in [-0.39, 0.29) is 0 Å². The fraction of sp³-hybridized carbons (Fsp3) is 0.600. The maximum Gasteiger partial charge on any atom is 0.159 e. The Morgan fingerprint density at radius 2 is 2.44 bits per heavy atom. The average molecular weight is 320 g/mol. The summed E-state index contributed by atoms with van der Waals surface area (Å²) in [7, 11) is 2.10. The minimum Gasteiger partial charge on any atom is -0.349 e. The monoisotopic (exact) mass is 319 g/mol. The Morgan fingerprint density at radius 1 is 1.62 bits per heavy atom. The van der Waals surface area contributed by atoms with E-state index in [0.717, 1.165) is 29.3 Å². The van der Waals surface area contributed by atoms with E-state index in [0.29, 0.717) is 5.25 Å². The molecule has 1 aliphatic rings. The lowest BCUT2D eigenvalue weighted by molar-refractivity contribution is 0.513. The summed E-state index contributed by atoms with van der Waals surface area (Å²) >= 11 is 7.08. The summed E-state index contributed by atoms with van der Waals surface area (Å²) in [5, 5.41) is 2.76. The fourth-order valence-electron chi connectivity index (χ4n) is 1.46. The summed E-state index contributed by atoms with van der Waals surface area (Å²) in [5.74, 6) is 0. The van der Waals surface area contributed by atoms with Gasteiger partial charge in [-0.1, -0.05) is 27.7 Å². The molecule has 1 atom stereocenters. The first kappa shape index (κ1) is 12.4. The van der Waals surface area contributed by atoms with Gasteiger partial charge in [-0.2, -0.15) is 0 Å². The molecular weight excluding hydrogens is 306 g/mol. The topological polar surface area (TPSA) is 28.5 Å². The lowest BCUT2D eigenvalue weighted by Crippen LogP contribution is -2.22. The number of hydrogen-bond acceptors (Lipinski definition) is 5. The summed E-state index contributed by atoms with van der Waals surface area (Å²) in [4.78, 5) is 12.4. The van der Waals surface area contributed by atoms with E-state index in [4.69, 9.17) is 0 Å². The van der Waals surface area contributed by atoms with Gasteiger partial charge in [0.25, 0.3) is 0 Å². The molecule has 0 fully saturated rings. The van der Waals surface area contributed by atoms with E-state index < -0.39 is 0 Å². The Morgan fingerprint density at radius 3 is 3.00 bits per heavy atom. The van der Waals surface area contributed by atoms with Crippen molar-refractivity contribution < 1.29 is 0 Å². The summed E-state index contributed by atoms with van der Waals surface area (Å²) in [6.45, 7) is 3.90. The van der Waals surface area contributed by atoms with Crippen LogP contribution in [-0.2, 0) is 6.54 Å². The van der Waals surface area contributed by atoms with Gasteiger partial charge in [0.15, 0.2) is 5.17 Å². The van der Waals surface area contributed by atoms with Gasteiger partial charge in [0.2, 0.25) is 0 Å². The van der Waals surface area contributed by atoms with Crippen LogP contribution < -0.4 is 0 Å². The first-order valence-corrected chi connectivity index (χ1v) is 7.96. The number of thioether (sulfide) groups is 1. The zero-order valence-electron chi connectivity index (χ0n) is 9.31. The van der Waals surface area contributed by atoms with Gasteiger partial charge in [-0.15, -0.1) is 11.3 Å². The molecule has 1 aromatic rings. The van der Waals surface area contributed by atoms with Gasteiger partial charge in [-0.3, -0.25) is 4.99 Å². The number of amidine groups is 1. The lowest BCUT2D eigenvalue weighted by Gasteiger charge is -2.18. The number of aliphatic imine (C=N–C) groups is 1. The highest BCUT2D eigenvalue weighted by Gasteiger charge is 2.21. The minimum atomic E-state index is 0.597. The van der Waals surface area contributed by atoms with Crippen molar-refractivity contribution in [2.75, 3.05) is 18.9 Å². The number of halogens is 1. The lowest BCUT2D eigenvalue weighted by atomic mass is 10.4. The highest BCUT2D eigenvalue weighted by atomic mass is 79.9. The van der Waals surface area contributed by atoms with Gasteiger partial charge < -0.3 is 4.90 Å². The molecule has 2 rings (SSSR count). The Bertz CT molecular complexity index is 391. The molecule has 1 aromatic heterocycles. The third-order valence-electron chi connectivity index (χ3n) is 2.43. The third kappa shape index (κ3) is 2.78. The summed E-state index contributed by atoms with van der Waals surface area (Å²) in [5.41, 5.74) is 3.04. The molecule has 0 spiro atoms. The molecule has 2 heterocycles. The second kappa shape index (κ2) is 5.51. The van der Waals surface area contributed by atoms with Gasteiger partial charge in [-0.05, 0) is 6.92 Å². The Kier molecular flexibility index (Phi) is 4.27. The van der Waals surface area contributed by atoms with Crippen LogP contribution in [0.4, 0.5) is 0 Å². The maximum atomic E-state index is 4.56. The van der Waals surface area contributed by atoms with E-state index >= 15 is 0 Å². The smallest absolute Gasteiger partial charge is 0.159 e. The van der Waals surface area contributed by atoms with Gasteiger partial charge in [0.05, 0.1) is 24.3 Å². The number of hydrogen-bond donors (Lipinski definition) is 0. The van der Waals surface area contributed by atoms with Crippen LogP contribution in [0.5, 0.6) is 0 Å². The van der Waals surface area contributed by atoms with Crippen molar-refractivity contribution in [3.63, 3.8) is 0 Å². The Labute approximate surface area is 112 Å². The quantitative estimate of drug-likeness (QED) is 0.802. The molecule has 16 heavy (non-hydrogen) atoms. The highest BCUT2D eigenvalue weighted by Crippen LogP contribution is 2.25. The Balaban J connectivity index is 1.94. The molecule has 3 nitrogen and oxygen atoms in total. The van der Waals surface area contributed by atoms with Crippen LogP contribution in [0.15, 0.2) is 10.5 Å². The fourth-order valence-corrected chi connectivity index (χ4v) is 3.79. The van der Waals surface area contributed by atoms with Crippen LogP contribution in [-0.4, -0.2) is 39.2 Å². The number of thiazole rings is 1. The van der Waals surface area contributed by atoms with E-state index in [9.17, 15) is 0 Å². The van der Waals surface area contributed by atoms with Crippen molar-refractivity contribution in [3.05, 3.63) is 16.1 Å². The van der Waals surface area contributed by atoms with Crippen LogP contribution in [0.25, 0.3) is 0 Å². The second-order valence-electron chi connectivity index (χ2n) is 3.73. The van der Waals surface area contributed by atoms with Crippen LogP contribution in [0.3, 0.4) is 0 Å². The average Bonchev–Trinajstić information content (AvgIpc) is 2.88.